The van der Waals surface area contributed by atoms with Crippen LogP contribution in [-0.2, 0) is 4.79 Å². The Balaban J connectivity index is 1.88. The highest BCUT2D eigenvalue weighted by atomic mass is 16.3. The minimum Gasteiger partial charge on any atom is -0.378 e. The smallest absolute Gasteiger partial charge is 0.253 e. The third-order valence-electron chi connectivity index (χ3n) is 3.73. The second kappa shape index (κ2) is 6.01. The van der Waals surface area contributed by atoms with Crippen LogP contribution >= 0.6 is 0 Å². The molecule has 1 fully saturated rings. The molecular weight excluding hydrogens is 226 g/mol. The molecule has 0 bridgehead atoms. The topological polar surface area (TPSA) is 49.3 Å². The monoisotopic (exact) mass is 247 g/mol. The van der Waals surface area contributed by atoms with E-state index in [4.69, 9.17) is 0 Å². The molecular formula is C15H21NO2. The molecule has 18 heavy (non-hydrogen) atoms. The van der Waals surface area contributed by atoms with Crippen molar-refractivity contribution in [3.05, 3.63) is 35.9 Å². The maximum atomic E-state index is 11.9. The zero-order valence-corrected chi connectivity index (χ0v) is 10.8. The minimum atomic E-state index is -1.05. The third-order valence-corrected chi connectivity index (χ3v) is 3.73. The van der Waals surface area contributed by atoms with E-state index in [9.17, 15) is 9.90 Å². The van der Waals surface area contributed by atoms with E-state index in [1.165, 1.54) is 0 Å². The van der Waals surface area contributed by atoms with E-state index in [1.54, 1.807) is 12.1 Å². The van der Waals surface area contributed by atoms with Gasteiger partial charge in [0, 0.05) is 6.04 Å². The molecule has 1 aromatic carbocycles. The molecule has 0 saturated heterocycles. The van der Waals surface area contributed by atoms with Crippen LogP contribution in [0, 0.1) is 5.92 Å². The minimum absolute atomic E-state index is 0.229. The fourth-order valence-corrected chi connectivity index (χ4v) is 2.47. The molecule has 1 unspecified atom stereocenters. The van der Waals surface area contributed by atoms with Gasteiger partial charge in [0.2, 0.25) is 0 Å². The molecule has 1 aliphatic carbocycles. The first-order valence-electron chi connectivity index (χ1n) is 6.70. The van der Waals surface area contributed by atoms with Gasteiger partial charge in [0.15, 0.2) is 6.10 Å². The highest BCUT2D eigenvalue weighted by Gasteiger charge is 2.23. The van der Waals surface area contributed by atoms with E-state index in [0.29, 0.717) is 5.56 Å². The van der Waals surface area contributed by atoms with Crippen LogP contribution in [0.1, 0.15) is 44.3 Å². The Morgan fingerprint density at radius 1 is 1.22 bits per heavy atom. The van der Waals surface area contributed by atoms with Crippen molar-refractivity contribution >= 4 is 5.91 Å². The van der Waals surface area contributed by atoms with Gasteiger partial charge in [-0.15, -0.1) is 0 Å². The number of hydrogen-bond acceptors (Lipinski definition) is 2. The number of carbonyl (C=O) groups is 1. The molecule has 0 radical (unpaired) electrons. The summed E-state index contributed by atoms with van der Waals surface area (Å²) in [5.74, 6) is 0.484. The van der Waals surface area contributed by atoms with Crippen LogP contribution in [0.5, 0.6) is 0 Å². The summed E-state index contributed by atoms with van der Waals surface area (Å²) in [6, 6.07) is 9.30. The van der Waals surface area contributed by atoms with Crippen molar-refractivity contribution in [1.29, 1.82) is 0 Å². The van der Waals surface area contributed by atoms with Gasteiger partial charge in [-0.2, -0.15) is 0 Å². The number of aliphatic hydroxyl groups is 1. The molecule has 2 N–H and O–H groups in total. The van der Waals surface area contributed by atoms with Gasteiger partial charge in [-0.25, -0.2) is 0 Å². The third kappa shape index (κ3) is 3.33. The molecule has 1 aliphatic rings. The van der Waals surface area contributed by atoms with Crippen LogP contribution in [0.25, 0.3) is 0 Å². The number of rotatable bonds is 3. The molecule has 3 nitrogen and oxygen atoms in total. The number of nitrogens with one attached hydrogen (secondary N) is 1. The molecule has 0 aromatic heterocycles. The van der Waals surface area contributed by atoms with Crippen LogP contribution < -0.4 is 5.32 Å². The van der Waals surface area contributed by atoms with Gasteiger partial charge < -0.3 is 10.4 Å². The van der Waals surface area contributed by atoms with Crippen molar-refractivity contribution in [2.45, 2.75) is 44.8 Å². The van der Waals surface area contributed by atoms with E-state index < -0.39 is 6.10 Å². The Morgan fingerprint density at radius 3 is 2.44 bits per heavy atom. The maximum Gasteiger partial charge on any atom is 0.253 e. The second-order valence-corrected chi connectivity index (χ2v) is 5.28. The van der Waals surface area contributed by atoms with Crippen LogP contribution in [-0.4, -0.2) is 17.1 Å². The number of benzene rings is 1. The highest BCUT2D eigenvalue weighted by molar-refractivity contribution is 5.82. The van der Waals surface area contributed by atoms with Gasteiger partial charge in [-0.05, 0) is 37.2 Å². The Bertz CT molecular complexity index is 383. The van der Waals surface area contributed by atoms with Gasteiger partial charge in [-0.1, -0.05) is 37.3 Å². The average Bonchev–Trinajstić information content (AvgIpc) is 2.41. The normalized spacial score (nSPS) is 25.4. The van der Waals surface area contributed by atoms with Crippen LogP contribution in [0.2, 0.25) is 0 Å². The number of aliphatic hydroxyl groups excluding tert-OH is 1. The van der Waals surface area contributed by atoms with Crippen molar-refractivity contribution in [3.8, 4) is 0 Å². The zero-order valence-electron chi connectivity index (χ0n) is 10.8. The van der Waals surface area contributed by atoms with E-state index >= 15 is 0 Å². The summed E-state index contributed by atoms with van der Waals surface area (Å²) in [6.07, 6.45) is 3.31. The van der Waals surface area contributed by atoms with E-state index in [1.807, 2.05) is 18.2 Å². The molecule has 1 atom stereocenters. The van der Waals surface area contributed by atoms with E-state index in [-0.39, 0.29) is 11.9 Å². The Hall–Kier alpha value is -1.35. The number of carbonyl (C=O) groups excluding carboxylic acids is 1. The van der Waals surface area contributed by atoms with Crippen LogP contribution in [0.15, 0.2) is 30.3 Å². The van der Waals surface area contributed by atoms with Crippen LogP contribution in [0.3, 0.4) is 0 Å². The first-order valence-corrected chi connectivity index (χ1v) is 6.70. The van der Waals surface area contributed by atoms with Crippen molar-refractivity contribution < 1.29 is 9.90 Å². The summed E-state index contributed by atoms with van der Waals surface area (Å²) in [7, 11) is 0. The Labute approximate surface area is 108 Å². The van der Waals surface area contributed by atoms with Crippen molar-refractivity contribution in [2.75, 3.05) is 0 Å². The summed E-state index contributed by atoms with van der Waals surface area (Å²) in [6.45, 7) is 2.25. The molecule has 1 saturated carbocycles. The summed E-state index contributed by atoms with van der Waals surface area (Å²) in [5, 5.41) is 12.9. The summed E-state index contributed by atoms with van der Waals surface area (Å²) in [5.41, 5.74) is 0.652. The van der Waals surface area contributed by atoms with E-state index in [0.717, 1.165) is 31.6 Å². The molecule has 2 rings (SSSR count). The molecule has 0 spiro atoms. The average molecular weight is 247 g/mol. The molecule has 3 heteroatoms. The van der Waals surface area contributed by atoms with Gasteiger partial charge in [0.1, 0.15) is 0 Å². The van der Waals surface area contributed by atoms with E-state index in [2.05, 4.69) is 12.2 Å². The maximum absolute atomic E-state index is 11.9. The highest BCUT2D eigenvalue weighted by Crippen LogP contribution is 2.24. The number of hydrogen-bond donors (Lipinski definition) is 2. The molecule has 0 aliphatic heterocycles. The molecule has 1 aromatic rings. The lowest BCUT2D eigenvalue weighted by atomic mass is 9.87. The van der Waals surface area contributed by atoms with Gasteiger partial charge in [0.05, 0.1) is 0 Å². The summed E-state index contributed by atoms with van der Waals surface area (Å²) >= 11 is 0. The van der Waals surface area contributed by atoms with Crippen LogP contribution in [0.4, 0.5) is 0 Å². The molecule has 1 amide bonds. The van der Waals surface area contributed by atoms with Crippen molar-refractivity contribution in [1.82, 2.24) is 5.32 Å². The van der Waals surface area contributed by atoms with Crippen molar-refractivity contribution in [3.63, 3.8) is 0 Å². The van der Waals surface area contributed by atoms with Gasteiger partial charge in [-0.3, -0.25) is 4.79 Å². The second-order valence-electron chi connectivity index (χ2n) is 5.28. The zero-order chi connectivity index (χ0) is 13.0. The lowest BCUT2D eigenvalue weighted by Crippen LogP contribution is -2.40. The summed E-state index contributed by atoms with van der Waals surface area (Å²) in [4.78, 5) is 11.9. The standard InChI is InChI=1S/C15H21NO2/c1-11-7-9-13(10-8-11)16-15(18)14(17)12-5-3-2-4-6-12/h2-6,11,13-14,17H,7-10H2,1H3,(H,16,18). The fraction of sp³-hybridized carbons (Fsp3) is 0.533. The SMILES string of the molecule is CC1CCC(NC(=O)C(O)c2ccccc2)CC1. The summed E-state index contributed by atoms with van der Waals surface area (Å²) < 4.78 is 0. The lowest BCUT2D eigenvalue weighted by molar-refractivity contribution is -0.130. The quantitative estimate of drug-likeness (QED) is 0.861. The predicted octanol–water partition coefficient (Wildman–Crippen LogP) is 2.41. The first kappa shape index (κ1) is 13.1. The number of amides is 1. The first-order chi connectivity index (χ1) is 8.66. The van der Waals surface area contributed by atoms with Gasteiger partial charge >= 0.3 is 0 Å². The molecule has 98 valence electrons. The lowest BCUT2D eigenvalue weighted by Gasteiger charge is -2.27. The van der Waals surface area contributed by atoms with Gasteiger partial charge in [0.25, 0.3) is 5.91 Å². The predicted molar refractivity (Wildman–Crippen MR) is 71.0 cm³/mol. The Kier molecular flexibility index (Phi) is 4.37. The fourth-order valence-electron chi connectivity index (χ4n) is 2.47. The largest absolute Gasteiger partial charge is 0.378 e. The van der Waals surface area contributed by atoms with Crippen molar-refractivity contribution in [2.24, 2.45) is 5.92 Å². The molecule has 0 heterocycles. The Morgan fingerprint density at radius 2 is 1.83 bits per heavy atom.